The lowest BCUT2D eigenvalue weighted by molar-refractivity contribution is -0.136. The van der Waals surface area contributed by atoms with E-state index in [-0.39, 0.29) is 23.4 Å². The van der Waals surface area contributed by atoms with Gasteiger partial charge in [-0.3, -0.25) is 9.59 Å². The number of para-hydroxylation sites is 1. The second-order valence-electron chi connectivity index (χ2n) is 5.54. The Labute approximate surface area is 150 Å². The molecule has 0 radical (unpaired) electrons. The van der Waals surface area contributed by atoms with Gasteiger partial charge in [-0.1, -0.05) is 29.8 Å². The van der Waals surface area contributed by atoms with E-state index in [1.807, 2.05) is 26.0 Å². The second-order valence-corrected chi connectivity index (χ2v) is 5.95. The number of carbonyl (C=O) groups is 2. The lowest BCUT2D eigenvalue weighted by Gasteiger charge is -2.14. The van der Waals surface area contributed by atoms with Crippen molar-refractivity contribution < 1.29 is 18.7 Å². The van der Waals surface area contributed by atoms with Crippen LogP contribution in [0.5, 0.6) is 5.75 Å². The molecule has 0 bridgehead atoms. The van der Waals surface area contributed by atoms with E-state index in [1.54, 1.807) is 12.1 Å². The standard InChI is InChI=1S/C18H18ClFN2O3/c1-11(2)25-16-6-4-3-5-12(16)10-21-17(23)18(24)22-13-7-8-15(20)14(19)9-13/h3-9,11H,10H2,1-2H3,(H,21,23)(H,22,24). The molecule has 2 aromatic rings. The van der Waals surface area contributed by atoms with E-state index in [1.165, 1.54) is 12.1 Å². The summed E-state index contributed by atoms with van der Waals surface area (Å²) in [6.45, 7) is 3.94. The predicted octanol–water partition coefficient (Wildman–Crippen LogP) is 3.52. The van der Waals surface area contributed by atoms with Crippen LogP contribution >= 0.6 is 11.6 Å². The van der Waals surface area contributed by atoms with Crippen molar-refractivity contribution in [2.24, 2.45) is 0 Å². The second kappa shape index (κ2) is 8.48. The van der Waals surface area contributed by atoms with Crippen LogP contribution in [0.15, 0.2) is 42.5 Å². The van der Waals surface area contributed by atoms with Crippen LogP contribution < -0.4 is 15.4 Å². The van der Waals surface area contributed by atoms with Gasteiger partial charge in [-0.2, -0.15) is 0 Å². The molecule has 2 amide bonds. The van der Waals surface area contributed by atoms with E-state index < -0.39 is 17.6 Å². The third kappa shape index (κ3) is 5.46. The van der Waals surface area contributed by atoms with E-state index >= 15 is 0 Å². The van der Waals surface area contributed by atoms with Gasteiger partial charge in [0.05, 0.1) is 11.1 Å². The number of rotatable bonds is 5. The first-order valence-electron chi connectivity index (χ1n) is 7.65. The van der Waals surface area contributed by atoms with Gasteiger partial charge in [0, 0.05) is 17.8 Å². The number of halogens is 2. The minimum absolute atomic E-state index is 0.0108. The zero-order valence-corrected chi connectivity index (χ0v) is 14.6. The van der Waals surface area contributed by atoms with Crippen molar-refractivity contribution in [2.75, 3.05) is 5.32 Å². The van der Waals surface area contributed by atoms with Crippen LogP contribution in [-0.2, 0) is 16.1 Å². The smallest absolute Gasteiger partial charge is 0.313 e. The highest BCUT2D eigenvalue weighted by atomic mass is 35.5. The summed E-state index contributed by atoms with van der Waals surface area (Å²) < 4.78 is 18.8. The molecule has 25 heavy (non-hydrogen) atoms. The van der Waals surface area contributed by atoms with Crippen LogP contribution in [0.3, 0.4) is 0 Å². The van der Waals surface area contributed by atoms with Crippen molar-refractivity contribution in [2.45, 2.75) is 26.5 Å². The van der Waals surface area contributed by atoms with Crippen LogP contribution in [0, 0.1) is 5.82 Å². The summed E-state index contributed by atoms with van der Waals surface area (Å²) in [5.74, 6) is -1.65. The van der Waals surface area contributed by atoms with E-state index in [9.17, 15) is 14.0 Å². The molecule has 0 aliphatic carbocycles. The van der Waals surface area contributed by atoms with Crippen LogP contribution in [0.4, 0.5) is 10.1 Å². The highest BCUT2D eigenvalue weighted by Gasteiger charge is 2.15. The van der Waals surface area contributed by atoms with E-state index in [0.29, 0.717) is 5.75 Å². The van der Waals surface area contributed by atoms with Gasteiger partial charge in [0.2, 0.25) is 0 Å². The lowest BCUT2D eigenvalue weighted by atomic mass is 10.2. The Balaban J connectivity index is 1.96. The fourth-order valence-corrected chi connectivity index (χ4v) is 2.22. The Kier molecular flexibility index (Phi) is 6.36. The maximum atomic E-state index is 13.1. The number of hydrogen-bond donors (Lipinski definition) is 2. The third-order valence-corrected chi connectivity index (χ3v) is 3.45. The summed E-state index contributed by atoms with van der Waals surface area (Å²) in [6, 6.07) is 10.9. The average Bonchev–Trinajstić information content (AvgIpc) is 2.56. The number of hydrogen-bond acceptors (Lipinski definition) is 3. The Morgan fingerprint density at radius 2 is 1.88 bits per heavy atom. The molecule has 0 fully saturated rings. The molecule has 0 unspecified atom stereocenters. The Morgan fingerprint density at radius 3 is 2.56 bits per heavy atom. The van der Waals surface area contributed by atoms with Gasteiger partial charge in [-0.05, 0) is 38.1 Å². The molecule has 0 aliphatic heterocycles. The minimum atomic E-state index is -0.870. The molecular weight excluding hydrogens is 347 g/mol. The van der Waals surface area contributed by atoms with Gasteiger partial charge < -0.3 is 15.4 Å². The van der Waals surface area contributed by atoms with Crippen molar-refractivity contribution in [3.05, 3.63) is 58.9 Å². The molecule has 0 aromatic heterocycles. The number of benzene rings is 2. The first kappa shape index (κ1) is 18.7. The van der Waals surface area contributed by atoms with Crippen molar-refractivity contribution >= 4 is 29.1 Å². The molecule has 0 saturated heterocycles. The number of anilines is 1. The largest absolute Gasteiger partial charge is 0.491 e. The molecule has 2 aromatic carbocycles. The van der Waals surface area contributed by atoms with Crippen LogP contribution in [0.2, 0.25) is 5.02 Å². The van der Waals surface area contributed by atoms with Gasteiger partial charge >= 0.3 is 11.8 Å². The molecule has 0 heterocycles. The Morgan fingerprint density at radius 1 is 1.16 bits per heavy atom. The fraction of sp³-hybridized carbons (Fsp3) is 0.222. The van der Waals surface area contributed by atoms with Gasteiger partial charge in [-0.15, -0.1) is 0 Å². The summed E-state index contributed by atoms with van der Waals surface area (Å²) in [7, 11) is 0. The summed E-state index contributed by atoms with van der Waals surface area (Å²) >= 11 is 5.64. The van der Waals surface area contributed by atoms with Crippen molar-refractivity contribution in [3.63, 3.8) is 0 Å². The first-order chi connectivity index (χ1) is 11.9. The van der Waals surface area contributed by atoms with E-state index in [0.717, 1.165) is 11.6 Å². The lowest BCUT2D eigenvalue weighted by Crippen LogP contribution is -2.35. The molecular formula is C18H18ClFN2O3. The molecule has 2 N–H and O–H groups in total. The Bertz CT molecular complexity index is 781. The molecule has 7 heteroatoms. The highest BCUT2D eigenvalue weighted by molar-refractivity contribution is 6.39. The van der Waals surface area contributed by atoms with Gasteiger partial charge in [0.15, 0.2) is 0 Å². The maximum Gasteiger partial charge on any atom is 0.313 e. The van der Waals surface area contributed by atoms with Crippen molar-refractivity contribution in [1.82, 2.24) is 5.32 Å². The SMILES string of the molecule is CC(C)Oc1ccccc1CNC(=O)C(=O)Nc1ccc(F)c(Cl)c1. The number of carbonyl (C=O) groups excluding carboxylic acids is 2. The number of amides is 2. The van der Waals surface area contributed by atoms with Crippen LogP contribution in [0.25, 0.3) is 0 Å². The molecule has 2 rings (SSSR count). The van der Waals surface area contributed by atoms with Gasteiger partial charge in [-0.25, -0.2) is 4.39 Å². The number of ether oxygens (including phenoxy) is 1. The summed E-state index contributed by atoms with van der Waals surface area (Å²) in [4.78, 5) is 23.8. The molecule has 0 saturated carbocycles. The summed E-state index contributed by atoms with van der Waals surface area (Å²) in [6.07, 6.45) is -0.0108. The van der Waals surface area contributed by atoms with E-state index in [2.05, 4.69) is 10.6 Å². The normalized spacial score (nSPS) is 10.4. The number of nitrogens with one attached hydrogen (secondary N) is 2. The molecule has 0 spiro atoms. The summed E-state index contributed by atoms with van der Waals surface area (Å²) in [5.41, 5.74) is 0.984. The monoisotopic (exact) mass is 364 g/mol. The van der Waals surface area contributed by atoms with Crippen LogP contribution in [-0.4, -0.2) is 17.9 Å². The molecule has 0 atom stereocenters. The third-order valence-electron chi connectivity index (χ3n) is 3.16. The average molecular weight is 365 g/mol. The topological polar surface area (TPSA) is 67.4 Å². The zero-order valence-electron chi connectivity index (χ0n) is 13.8. The molecule has 5 nitrogen and oxygen atoms in total. The Hall–Kier alpha value is -2.60. The van der Waals surface area contributed by atoms with Gasteiger partial charge in [0.25, 0.3) is 0 Å². The zero-order chi connectivity index (χ0) is 18.4. The minimum Gasteiger partial charge on any atom is -0.491 e. The highest BCUT2D eigenvalue weighted by Crippen LogP contribution is 2.20. The molecule has 0 aliphatic rings. The maximum absolute atomic E-state index is 13.1. The molecule has 132 valence electrons. The van der Waals surface area contributed by atoms with Crippen LogP contribution in [0.1, 0.15) is 19.4 Å². The van der Waals surface area contributed by atoms with Crippen molar-refractivity contribution in [1.29, 1.82) is 0 Å². The summed E-state index contributed by atoms with van der Waals surface area (Å²) in [5, 5.41) is 4.74. The van der Waals surface area contributed by atoms with E-state index in [4.69, 9.17) is 16.3 Å². The first-order valence-corrected chi connectivity index (χ1v) is 8.03. The predicted molar refractivity (Wildman–Crippen MR) is 94.1 cm³/mol. The fourth-order valence-electron chi connectivity index (χ4n) is 2.04. The van der Waals surface area contributed by atoms with Gasteiger partial charge in [0.1, 0.15) is 11.6 Å². The van der Waals surface area contributed by atoms with Crippen molar-refractivity contribution in [3.8, 4) is 5.75 Å². The quantitative estimate of drug-likeness (QED) is 0.798.